The first-order valence-corrected chi connectivity index (χ1v) is 7.31. The Morgan fingerprint density at radius 3 is 2.14 bits per heavy atom. The first-order chi connectivity index (χ1) is 9.99. The van der Waals surface area contributed by atoms with Crippen molar-refractivity contribution in [1.82, 2.24) is 0 Å². The number of ether oxygens (including phenoxy) is 3. The zero-order chi connectivity index (χ0) is 15.7. The standard InChI is InChI=1S/C17H26O4/c1-5-17(2,3)16(18)21-11-10-20-13-15-8-6-14(7-9-15)12-19-4/h6-9H,5,10-13H2,1-4H3. The highest BCUT2D eigenvalue weighted by Gasteiger charge is 2.26. The number of esters is 1. The van der Waals surface area contributed by atoms with Gasteiger partial charge in [-0.1, -0.05) is 31.2 Å². The maximum absolute atomic E-state index is 11.7. The number of benzene rings is 1. The van der Waals surface area contributed by atoms with E-state index in [-0.39, 0.29) is 5.97 Å². The summed E-state index contributed by atoms with van der Waals surface area (Å²) in [6, 6.07) is 8.07. The van der Waals surface area contributed by atoms with E-state index in [4.69, 9.17) is 14.2 Å². The molecule has 0 bridgehead atoms. The Labute approximate surface area is 127 Å². The Morgan fingerprint density at radius 2 is 1.62 bits per heavy atom. The highest BCUT2D eigenvalue weighted by molar-refractivity contribution is 5.75. The molecule has 1 aromatic carbocycles. The van der Waals surface area contributed by atoms with Gasteiger partial charge in [-0.15, -0.1) is 0 Å². The average Bonchev–Trinajstić information content (AvgIpc) is 2.48. The number of carbonyl (C=O) groups excluding carboxylic acids is 1. The Balaban J connectivity index is 2.21. The fourth-order valence-electron chi connectivity index (χ4n) is 1.62. The van der Waals surface area contributed by atoms with Crippen molar-refractivity contribution in [2.75, 3.05) is 20.3 Å². The minimum Gasteiger partial charge on any atom is -0.463 e. The van der Waals surface area contributed by atoms with Crippen LogP contribution in [0.5, 0.6) is 0 Å². The monoisotopic (exact) mass is 294 g/mol. The molecule has 4 heteroatoms. The predicted molar refractivity (Wildman–Crippen MR) is 81.8 cm³/mol. The van der Waals surface area contributed by atoms with E-state index in [1.807, 2.05) is 45.0 Å². The molecule has 0 aliphatic rings. The zero-order valence-corrected chi connectivity index (χ0v) is 13.5. The van der Waals surface area contributed by atoms with Crippen molar-refractivity contribution >= 4 is 5.97 Å². The predicted octanol–water partition coefficient (Wildman–Crippen LogP) is 3.33. The van der Waals surface area contributed by atoms with E-state index in [0.717, 1.165) is 17.5 Å². The molecular formula is C17H26O4. The number of hydrogen-bond acceptors (Lipinski definition) is 4. The van der Waals surface area contributed by atoms with Crippen LogP contribution in [0.2, 0.25) is 0 Å². The molecule has 0 saturated carbocycles. The molecule has 0 radical (unpaired) electrons. The molecule has 1 aromatic rings. The molecule has 0 aliphatic heterocycles. The molecule has 0 amide bonds. The van der Waals surface area contributed by atoms with Crippen LogP contribution in [-0.4, -0.2) is 26.3 Å². The lowest BCUT2D eigenvalue weighted by atomic mass is 9.91. The van der Waals surface area contributed by atoms with Gasteiger partial charge in [0.25, 0.3) is 0 Å². The molecule has 0 saturated heterocycles. The summed E-state index contributed by atoms with van der Waals surface area (Å²) in [5.74, 6) is -0.169. The van der Waals surface area contributed by atoms with Gasteiger partial charge in [0.05, 0.1) is 25.2 Å². The van der Waals surface area contributed by atoms with Crippen LogP contribution in [0.1, 0.15) is 38.3 Å². The maximum Gasteiger partial charge on any atom is 0.311 e. The van der Waals surface area contributed by atoms with E-state index >= 15 is 0 Å². The summed E-state index contributed by atoms with van der Waals surface area (Å²) >= 11 is 0. The summed E-state index contributed by atoms with van der Waals surface area (Å²) in [4.78, 5) is 11.7. The van der Waals surface area contributed by atoms with Gasteiger partial charge in [-0.2, -0.15) is 0 Å². The molecule has 21 heavy (non-hydrogen) atoms. The van der Waals surface area contributed by atoms with Gasteiger partial charge >= 0.3 is 5.97 Å². The Morgan fingerprint density at radius 1 is 1.05 bits per heavy atom. The summed E-state index contributed by atoms with van der Waals surface area (Å²) in [7, 11) is 1.68. The third kappa shape index (κ3) is 6.27. The van der Waals surface area contributed by atoms with Crippen LogP contribution >= 0.6 is 0 Å². The molecule has 4 nitrogen and oxygen atoms in total. The molecule has 1 rings (SSSR count). The maximum atomic E-state index is 11.7. The van der Waals surface area contributed by atoms with Crippen molar-refractivity contribution in [3.8, 4) is 0 Å². The molecule has 0 aliphatic carbocycles. The molecule has 0 aromatic heterocycles. The lowest BCUT2D eigenvalue weighted by Gasteiger charge is -2.20. The Bertz CT molecular complexity index is 423. The molecule has 0 heterocycles. The fraction of sp³-hybridized carbons (Fsp3) is 0.588. The summed E-state index contributed by atoms with van der Waals surface area (Å²) in [5.41, 5.74) is 1.81. The minimum absolute atomic E-state index is 0.169. The number of carbonyl (C=O) groups is 1. The second-order valence-electron chi connectivity index (χ2n) is 5.68. The number of hydrogen-bond donors (Lipinski definition) is 0. The Hall–Kier alpha value is -1.39. The van der Waals surface area contributed by atoms with Crippen molar-refractivity contribution in [2.24, 2.45) is 5.41 Å². The quantitative estimate of drug-likeness (QED) is 0.517. The van der Waals surface area contributed by atoms with Gasteiger partial charge < -0.3 is 14.2 Å². The van der Waals surface area contributed by atoms with Crippen molar-refractivity contribution in [3.63, 3.8) is 0 Å². The van der Waals surface area contributed by atoms with Gasteiger partial charge in [-0.3, -0.25) is 4.79 Å². The van der Waals surface area contributed by atoms with Crippen LogP contribution in [-0.2, 0) is 32.2 Å². The molecule has 0 spiro atoms. The highest BCUT2D eigenvalue weighted by atomic mass is 16.6. The first-order valence-electron chi connectivity index (χ1n) is 7.31. The van der Waals surface area contributed by atoms with E-state index < -0.39 is 5.41 Å². The second kappa shape index (κ2) is 8.80. The van der Waals surface area contributed by atoms with Crippen molar-refractivity contribution < 1.29 is 19.0 Å². The average molecular weight is 294 g/mol. The molecule has 0 N–H and O–H groups in total. The summed E-state index contributed by atoms with van der Waals surface area (Å²) in [6.45, 7) is 7.59. The van der Waals surface area contributed by atoms with Gasteiger partial charge in [0, 0.05) is 7.11 Å². The van der Waals surface area contributed by atoms with Crippen molar-refractivity contribution in [3.05, 3.63) is 35.4 Å². The van der Waals surface area contributed by atoms with E-state index in [9.17, 15) is 4.79 Å². The molecule has 118 valence electrons. The van der Waals surface area contributed by atoms with Crippen molar-refractivity contribution in [1.29, 1.82) is 0 Å². The fourth-order valence-corrected chi connectivity index (χ4v) is 1.62. The topological polar surface area (TPSA) is 44.8 Å². The third-order valence-corrected chi connectivity index (χ3v) is 3.50. The lowest BCUT2D eigenvalue weighted by Crippen LogP contribution is -2.27. The van der Waals surface area contributed by atoms with Crippen LogP contribution in [0, 0.1) is 5.41 Å². The first kappa shape index (κ1) is 17.7. The summed E-state index contributed by atoms with van der Waals surface area (Å²) < 4.78 is 15.8. The second-order valence-corrected chi connectivity index (χ2v) is 5.68. The van der Waals surface area contributed by atoms with E-state index in [1.165, 1.54) is 0 Å². The summed E-state index contributed by atoms with van der Waals surface area (Å²) in [5, 5.41) is 0. The van der Waals surface area contributed by atoms with Gasteiger partial charge in [-0.05, 0) is 31.4 Å². The smallest absolute Gasteiger partial charge is 0.311 e. The molecular weight excluding hydrogens is 268 g/mol. The third-order valence-electron chi connectivity index (χ3n) is 3.50. The highest BCUT2D eigenvalue weighted by Crippen LogP contribution is 2.21. The minimum atomic E-state index is -0.419. The van der Waals surface area contributed by atoms with Gasteiger partial charge in [-0.25, -0.2) is 0 Å². The lowest BCUT2D eigenvalue weighted by molar-refractivity contribution is -0.155. The van der Waals surface area contributed by atoms with E-state index in [0.29, 0.717) is 26.4 Å². The van der Waals surface area contributed by atoms with Gasteiger partial charge in [0.1, 0.15) is 6.61 Å². The van der Waals surface area contributed by atoms with Gasteiger partial charge in [0.2, 0.25) is 0 Å². The molecule has 0 atom stereocenters. The van der Waals surface area contributed by atoms with E-state index in [1.54, 1.807) is 7.11 Å². The Kier molecular flexibility index (Phi) is 7.40. The van der Waals surface area contributed by atoms with Crippen LogP contribution in [0.15, 0.2) is 24.3 Å². The zero-order valence-electron chi connectivity index (χ0n) is 13.5. The van der Waals surface area contributed by atoms with Gasteiger partial charge in [0.15, 0.2) is 0 Å². The van der Waals surface area contributed by atoms with Crippen LogP contribution < -0.4 is 0 Å². The molecule has 0 unspecified atom stereocenters. The normalized spacial score (nSPS) is 11.4. The van der Waals surface area contributed by atoms with E-state index in [2.05, 4.69) is 0 Å². The van der Waals surface area contributed by atoms with Crippen LogP contribution in [0.4, 0.5) is 0 Å². The largest absolute Gasteiger partial charge is 0.463 e. The number of methoxy groups -OCH3 is 1. The molecule has 0 fully saturated rings. The SMILES string of the molecule is CCC(C)(C)C(=O)OCCOCc1ccc(COC)cc1. The van der Waals surface area contributed by atoms with Crippen molar-refractivity contribution in [2.45, 2.75) is 40.4 Å². The van der Waals surface area contributed by atoms with Crippen LogP contribution in [0.3, 0.4) is 0 Å². The summed E-state index contributed by atoms with van der Waals surface area (Å²) in [6.07, 6.45) is 0.764. The number of rotatable bonds is 9. The van der Waals surface area contributed by atoms with Crippen LogP contribution in [0.25, 0.3) is 0 Å².